The van der Waals surface area contributed by atoms with Crippen LogP contribution in [0.3, 0.4) is 0 Å². The summed E-state index contributed by atoms with van der Waals surface area (Å²) in [5.74, 6) is 0.610. The zero-order chi connectivity index (χ0) is 14.4. The van der Waals surface area contributed by atoms with E-state index in [2.05, 4.69) is 0 Å². The topological polar surface area (TPSA) is 37.4 Å². The van der Waals surface area contributed by atoms with E-state index >= 15 is 0 Å². The highest BCUT2D eigenvalue weighted by atomic mass is 32.2. The average Bonchev–Trinajstić information content (AvgIpc) is 2.77. The first-order valence-corrected chi connectivity index (χ1v) is 7.93. The number of hydrogen-bond donors (Lipinski definition) is 0. The molecule has 0 radical (unpaired) electrons. The fourth-order valence-corrected chi connectivity index (χ4v) is 4.22. The number of thioether (sulfide) groups is 1. The zero-order valence-corrected chi connectivity index (χ0v) is 12.1. The van der Waals surface area contributed by atoms with Crippen molar-refractivity contribution in [2.24, 2.45) is 0 Å². The Morgan fingerprint density at radius 1 is 0.952 bits per heavy atom. The third-order valence-electron chi connectivity index (χ3n) is 4.03. The molecule has 1 amide bonds. The van der Waals surface area contributed by atoms with Gasteiger partial charge in [-0.15, -0.1) is 11.8 Å². The minimum absolute atomic E-state index is 0.0500. The molecule has 3 nitrogen and oxygen atoms in total. The molecule has 1 atom stereocenters. The van der Waals surface area contributed by atoms with E-state index in [1.165, 1.54) is 0 Å². The van der Waals surface area contributed by atoms with E-state index < -0.39 is 0 Å². The van der Waals surface area contributed by atoms with Crippen molar-refractivity contribution in [1.82, 2.24) is 4.90 Å². The number of nitrogens with zero attached hydrogens (tertiary/aromatic N) is 1. The van der Waals surface area contributed by atoms with Crippen molar-refractivity contribution in [3.05, 3.63) is 70.8 Å². The molecule has 0 N–H and O–H groups in total. The van der Waals surface area contributed by atoms with Crippen LogP contribution in [0.2, 0.25) is 0 Å². The number of carbonyl (C=O) groups excluding carboxylic acids is 2. The molecular formula is C17H13NO2S. The number of rotatable bonds is 0. The first-order valence-electron chi connectivity index (χ1n) is 6.88. The van der Waals surface area contributed by atoms with Crippen molar-refractivity contribution >= 4 is 23.5 Å². The lowest BCUT2D eigenvalue weighted by atomic mass is 10.0. The number of fused-ring (bicyclic) bond motifs is 4. The summed E-state index contributed by atoms with van der Waals surface area (Å²) in [4.78, 5) is 26.8. The number of benzene rings is 2. The third-order valence-corrected chi connectivity index (χ3v) is 5.28. The van der Waals surface area contributed by atoms with E-state index in [9.17, 15) is 9.59 Å². The highest BCUT2D eigenvalue weighted by molar-refractivity contribution is 8.00. The second-order valence-corrected chi connectivity index (χ2v) is 6.33. The Balaban J connectivity index is 1.82. The number of Topliss-reactive ketones (excluding diaryl/α,β-unsaturated/α-hetero) is 1. The molecule has 2 aromatic carbocycles. The monoisotopic (exact) mass is 295 g/mol. The fraction of sp³-hybridized carbons (Fsp3) is 0.176. The minimum atomic E-state index is -0.0500. The Morgan fingerprint density at radius 2 is 1.67 bits per heavy atom. The Kier molecular flexibility index (Phi) is 2.86. The molecule has 0 aliphatic carbocycles. The van der Waals surface area contributed by atoms with Gasteiger partial charge in [0.1, 0.15) is 5.37 Å². The molecule has 2 heterocycles. The molecular weight excluding hydrogens is 282 g/mol. The molecule has 2 aliphatic rings. The Morgan fingerprint density at radius 3 is 2.52 bits per heavy atom. The summed E-state index contributed by atoms with van der Waals surface area (Å²) in [6, 6.07) is 15.3. The van der Waals surface area contributed by atoms with Gasteiger partial charge in [0.2, 0.25) is 0 Å². The second kappa shape index (κ2) is 4.74. The maximum absolute atomic E-state index is 12.6. The van der Waals surface area contributed by atoms with Crippen LogP contribution >= 0.6 is 11.8 Å². The lowest BCUT2D eigenvalue weighted by Gasteiger charge is -2.28. The minimum Gasteiger partial charge on any atom is -0.318 e. The van der Waals surface area contributed by atoms with Crippen LogP contribution in [0.25, 0.3) is 0 Å². The van der Waals surface area contributed by atoms with Crippen LogP contribution in [-0.2, 0) is 6.54 Å². The van der Waals surface area contributed by atoms with Crippen molar-refractivity contribution in [2.45, 2.75) is 11.9 Å². The molecule has 21 heavy (non-hydrogen) atoms. The van der Waals surface area contributed by atoms with Gasteiger partial charge in [-0.1, -0.05) is 42.5 Å². The molecule has 0 saturated heterocycles. The summed E-state index contributed by atoms with van der Waals surface area (Å²) < 4.78 is 0. The SMILES string of the molecule is O=C1CS[C@H]2c3ccccc3C(=O)N2Cc2ccccc21. The molecule has 0 unspecified atom stereocenters. The van der Waals surface area contributed by atoms with E-state index in [1.807, 2.05) is 53.4 Å². The van der Waals surface area contributed by atoms with E-state index in [0.717, 1.165) is 22.3 Å². The van der Waals surface area contributed by atoms with Gasteiger partial charge in [0.15, 0.2) is 5.78 Å². The van der Waals surface area contributed by atoms with Gasteiger partial charge >= 0.3 is 0 Å². The van der Waals surface area contributed by atoms with Crippen LogP contribution < -0.4 is 0 Å². The molecule has 2 aliphatic heterocycles. The Hall–Kier alpha value is -2.07. The summed E-state index contributed by atoms with van der Waals surface area (Å²) in [6.07, 6.45) is 0. The highest BCUT2D eigenvalue weighted by Gasteiger charge is 2.38. The summed E-state index contributed by atoms with van der Waals surface area (Å²) in [5.41, 5.74) is 3.47. The van der Waals surface area contributed by atoms with Gasteiger partial charge in [-0.25, -0.2) is 0 Å². The molecule has 0 bridgehead atoms. The summed E-state index contributed by atoms with van der Waals surface area (Å²) in [7, 11) is 0. The molecule has 0 saturated carbocycles. The van der Waals surface area contributed by atoms with Gasteiger partial charge in [0.25, 0.3) is 5.91 Å². The lowest BCUT2D eigenvalue weighted by Crippen LogP contribution is -2.29. The standard InChI is InChI=1S/C17H13NO2S/c19-15-10-21-17-14-8-4-3-7-13(14)16(20)18(17)9-11-5-1-2-6-12(11)15/h1-8,17H,9-10H2/t17-/m0/s1. The summed E-state index contributed by atoms with van der Waals surface area (Å²) >= 11 is 1.54. The van der Waals surface area contributed by atoms with Gasteiger partial charge in [0, 0.05) is 17.7 Å². The predicted molar refractivity (Wildman–Crippen MR) is 82.3 cm³/mol. The van der Waals surface area contributed by atoms with Crippen LogP contribution in [0.1, 0.15) is 37.2 Å². The Labute approximate surface area is 127 Å². The third kappa shape index (κ3) is 1.90. The van der Waals surface area contributed by atoms with Crippen molar-refractivity contribution in [1.29, 1.82) is 0 Å². The summed E-state index contributed by atoms with van der Waals surface area (Å²) in [6.45, 7) is 0.493. The van der Waals surface area contributed by atoms with Crippen molar-refractivity contribution in [3.8, 4) is 0 Å². The predicted octanol–water partition coefficient (Wildman–Crippen LogP) is 3.27. The second-order valence-electron chi connectivity index (χ2n) is 5.26. The number of amides is 1. The molecule has 4 heteroatoms. The van der Waals surface area contributed by atoms with Crippen LogP contribution in [0.15, 0.2) is 48.5 Å². The normalized spacial score (nSPS) is 20.4. The van der Waals surface area contributed by atoms with Crippen LogP contribution in [-0.4, -0.2) is 22.3 Å². The molecule has 0 fully saturated rings. The molecule has 2 aromatic rings. The number of hydrogen-bond acceptors (Lipinski definition) is 3. The Bertz CT molecular complexity index is 756. The van der Waals surface area contributed by atoms with Gasteiger partial charge in [-0.2, -0.15) is 0 Å². The van der Waals surface area contributed by atoms with Gasteiger partial charge in [-0.05, 0) is 17.2 Å². The van der Waals surface area contributed by atoms with Crippen molar-refractivity contribution in [3.63, 3.8) is 0 Å². The highest BCUT2D eigenvalue weighted by Crippen LogP contribution is 2.43. The lowest BCUT2D eigenvalue weighted by molar-refractivity contribution is 0.0757. The summed E-state index contributed by atoms with van der Waals surface area (Å²) in [5, 5.41) is -0.0500. The van der Waals surface area contributed by atoms with Gasteiger partial charge in [0.05, 0.1) is 5.75 Å². The first-order chi connectivity index (χ1) is 10.3. The van der Waals surface area contributed by atoms with E-state index in [0.29, 0.717) is 12.3 Å². The zero-order valence-electron chi connectivity index (χ0n) is 11.3. The van der Waals surface area contributed by atoms with E-state index in [4.69, 9.17) is 0 Å². The molecule has 4 rings (SSSR count). The smallest absolute Gasteiger partial charge is 0.255 e. The molecule has 104 valence electrons. The van der Waals surface area contributed by atoms with Crippen molar-refractivity contribution < 1.29 is 9.59 Å². The van der Waals surface area contributed by atoms with Crippen molar-refractivity contribution in [2.75, 3.05) is 5.75 Å². The number of carbonyl (C=O) groups is 2. The maximum Gasteiger partial charge on any atom is 0.255 e. The molecule has 0 aromatic heterocycles. The quantitative estimate of drug-likeness (QED) is 0.748. The number of ketones is 1. The van der Waals surface area contributed by atoms with E-state index in [-0.39, 0.29) is 17.1 Å². The van der Waals surface area contributed by atoms with Crippen LogP contribution in [0.4, 0.5) is 0 Å². The largest absolute Gasteiger partial charge is 0.318 e. The molecule has 0 spiro atoms. The van der Waals surface area contributed by atoms with Crippen LogP contribution in [0.5, 0.6) is 0 Å². The van der Waals surface area contributed by atoms with Gasteiger partial charge in [-0.3, -0.25) is 9.59 Å². The fourth-order valence-electron chi connectivity index (χ4n) is 3.02. The van der Waals surface area contributed by atoms with E-state index in [1.54, 1.807) is 11.8 Å². The first kappa shape index (κ1) is 12.7. The van der Waals surface area contributed by atoms with Gasteiger partial charge < -0.3 is 4.90 Å². The average molecular weight is 295 g/mol. The maximum atomic E-state index is 12.6. The van der Waals surface area contributed by atoms with Crippen LogP contribution in [0, 0.1) is 0 Å².